The number of anilines is 3. The van der Waals surface area contributed by atoms with E-state index < -0.39 is 17.8 Å². The normalized spacial score (nSPS) is 13.0. The maximum atomic E-state index is 13.0. The predicted octanol–water partition coefficient (Wildman–Crippen LogP) is 4.17. The number of halogens is 1. The van der Waals surface area contributed by atoms with Crippen molar-refractivity contribution in [1.29, 1.82) is 0 Å². The zero-order valence-corrected chi connectivity index (χ0v) is 20.0. The molecule has 0 atom stereocenters. The van der Waals surface area contributed by atoms with E-state index in [1.54, 1.807) is 48.5 Å². The highest BCUT2D eigenvalue weighted by Gasteiger charge is 2.39. The number of carbonyl (C=O) groups is 4. The zero-order valence-electron chi connectivity index (χ0n) is 19.2. The summed E-state index contributed by atoms with van der Waals surface area (Å²) in [7, 11) is 2.77. The summed E-state index contributed by atoms with van der Waals surface area (Å²) in [6.45, 7) is 0. The molecule has 9 nitrogen and oxygen atoms in total. The third-order valence-corrected chi connectivity index (χ3v) is 5.65. The summed E-state index contributed by atoms with van der Waals surface area (Å²) >= 11 is 6.18. The average Bonchev–Trinajstić information content (AvgIpc) is 3.11. The molecule has 36 heavy (non-hydrogen) atoms. The Kier molecular flexibility index (Phi) is 7.03. The van der Waals surface area contributed by atoms with Crippen LogP contribution in [0.2, 0.25) is 0 Å². The van der Waals surface area contributed by atoms with Gasteiger partial charge in [-0.25, -0.2) is 9.69 Å². The Morgan fingerprint density at radius 2 is 1.56 bits per heavy atom. The van der Waals surface area contributed by atoms with Gasteiger partial charge >= 0.3 is 5.97 Å². The lowest BCUT2D eigenvalue weighted by molar-refractivity contribution is -0.120. The lowest BCUT2D eigenvalue weighted by Gasteiger charge is -2.16. The summed E-state index contributed by atoms with van der Waals surface area (Å²) in [5.74, 6) is -1.76. The number of ether oxygens (including phenoxy) is 2. The molecule has 3 amide bonds. The number of nitrogens with zero attached hydrogens (tertiary/aromatic N) is 1. The van der Waals surface area contributed by atoms with Crippen LogP contribution < -0.4 is 20.3 Å². The second-order valence-electron chi connectivity index (χ2n) is 7.57. The maximum Gasteiger partial charge on any atom is 0.337 e. The molecule has 4 rings (SSSR count). The van der Waals surface area contributed by atoms with E-state index in [1.807, 2.05) is 0 Å². The van der Waals surface area contributed by atoms with Gasteiger partial charge in [0.1, 0.15) is 16.5 Å². The Morgan fingerprint density at radius 3 is 2.25 bits per heavy atom. The van der Waals surface area contributed by atoms with Gasteiger partial charge in [0.05, 0.1) is 25.5 Å². The highest BCUT2D eigenvalue weighted by atomic mass is 35.5. The van der Waals surface area contributed by atoms with Crippen molar-refractivity contribution in [3.05, 3.63) is 94.7 Å². The molecule has 0 fully saturated rings. The van der Waals surface area contributed by atoms with Crippen LogP contribution in [0.3, 0.4) is 0 Å². The average molecular weight is 506 g/mol. The summed E-state index contributed by atoms with van der Waals surface area (Å²) in [6.07, 6.45) is 0. The van der Waals surface area contributed by atoms with Gasteiger partial charge in [0.2, 0.25) is 0 Å². The van der Waals surface area contributed by atoms with Gasteiger partial charge in [-0.15, -0.1) is 0 Å². The van der Waals surface area contributed by atoms with Gasteiger partial charge < -0.3 is 20.1 Å². The Labute approximate surface area is 211 Å². The highest BCUT2D eigenvalue weighted by molar-refractivity contribution is 6.53. The fourth-order valence-corrected chi connectivity index (χ4v) is 3.70. The van der Waals surface area contributed by atoms with Crippen LogP contribution in [0.1, 0.15) is 20.7 Å². The minimum atomic E-state index is -0.736. The van der Waals surface area contributed by atoms with Gasteiger partial charge in [-0.05, 0) is 54.6 Å². The Bertz CT molecular complexity index is 1400. The van der Waals surface area contributed by atoms with Gasteiger partial charge in [0, 0.05) is 23.0 Å². The first kappa shape index (κ1) is 24.5. The molecule has 182 valence electrons. The number of imide groups is 1. The number of hydrogen-bond donors (Lipinski definition) is 2. The summed E-state index contributed by atoms with van der Waals surface area (Å²) in [5, 5.41) is 5.32. The molecule has 3 aromatic rings. The summed E-state index contributed by atoms with van der Waals surface area (Å²) in [4.78, 5) is 51.0. The van der Waals surface area contributed by atoms with E-state index in [9.17, 15) is 19.2 Å². The van der Waals surface area contributed by atoms with Crippen LogP contribution in [-0.4, -0.2) is 37.9 Å². The van der Waals surface area contributed by atoms with Gasteiger partial charge in [-0.3, -0.25) is 14.4 Å². The third-order valence-electron chi connectivity index (χ3n) is 5.30. The summed E-state index contributed by atoms with van der Waals surface area (Å²) in [5.41, 5.74) is 1.61. The van der Waals surface area contributed by atoms with Crippen molar-refractivity contribution in [1.82, 2.24) is 0 Å². The molecule has 0 spiro atoms. The van der Waals surface area contributed by atoms with Crippen molar-refractivity contribution < 1.29 is 28.7 Å². The van der Waals surface area contributed by atoms with Crippen LogP contribution in [-0.2, 0) is 14.3 Å². The fourth-order valence-electron chi connectivity index (χ4n) is 3.49. The lowest BCUT2D eigenvalue weighted by Crippen LogP contribution is -2.32. The number of esters is 1. The minimum absolute atomic E-state index is 0.126. The van der Waals surface area contributed by atoms with Gasteiger partial charge in [0.25, 0.3) is 17.7 Å². The quantitative estimate of drug-likeness (QED) is 0.366. The fraction of sp³-hybridized carbons (Fsp3) is 0.0769. The first-order valence-corrected chi connectivity index (χ1v) is 11.0. The van der Waals surface area contributed by atoms with E-state index in [-0.39, 0.29) is 27.9 Å². The SMILES string of the molecule is COC(=O)c1cccc(N2C(=O)C(Cl)=C(Nc3ccc(C(=O)Nc4cccc(OC)c4)cc3)C2=O)c1. The van der Waals surface area contributed by atoms with E-state index >= 15 is 0 Å². The van der Waals surface area contributed by atoms with Crippen LogP contribution in [0.25, 0.3) is 0 Å². The van der Waals surface area contributed by atoms with Crippen molar-refractivity contribution in [2.24, 2.45) is 0 Å². The second-order valence-corrected chi connectivity index (χ2v) is 7.94. The van der Waals surface area contributed by atoms with Gasteiger partial charge in [-0.1, -0.05) is 23.7 Å². The maximum absolute atomic E-state index is 13.0. The van der Waals surface area contributed by atoms with Crippen molar-refractivity contribution in [3.8, 4) is 5.75 Å². The predicted molar refractivity (Wildman–Crippen MR) is 134 cm³/mol. The Balaban J connectivity index is 1.48. The molecule has 1 aliphatic heterocycles. The number of hydrogen-bond acceptors (Lipinski definition) is 7. The van der Waals surface area contributed by atoms with E-state index in [0.29, 0.717) is 22.7 Å². The van der Waals surface area contributed by atoms with E-state index in [1.165, 1.54) is 38.5 Å². The Morgan fingerprint density at radius 1 is 0.833 bits per heavy atom. The smallest absolute Gasteiger partial charge is 0.337 e. The van der Waals surface area contributed by atoms with E-state index in [2.05, 4.69) is 15.4 Å². The molecule has 0 radical (unpaired) electrons. The van der Waals surface area contributed by atoms with Crippen molar-refractivity contribution in [3.63, 3.8) is 0 Å². The van der Waals surface area contributed by atoms with Gasteiger partial charge in [0.15, 0.2) is 0 Å². The molecule has 0 saturated carbocycles. The standard InChI is InChI=1S/C26H20ClN3O6/c1-35-20-8-4-6-18(14-20)29-23(31)15-9-11-17(12-10-15)28-22-21(27)24(32)30(25(22)33)19-7-3-5-16(13-19)26(34)36-2/h3-14,28H,1-2H3,(H,29,31). The zero-order chi connectivity index (χ0) is 25.8. The molecule has 0 bridgehead atoms. The van der Waals surface area contributed by atoms with Crippen LogP contribution in [0.15, 0.2) is 83.5 Å². The van der Waals surface area contributed by atoms with Crippen molar-refractivity contribution >= 4 is 52.4 Å². The molecule has 10 heteroatoms. The third kappa shape index (κ3) is 4.91. The van der Waals surface area contributed by atoms with Crippen molar-refractivity contribution in [2.75, 3.05) is 29.8 Å². The molecule has 0 aromatic heterocycles. The van der Waals surface area contributed by atoms with Crippen LogP contribution in [0.4, 0.5) is 17.1 Å². The number of benzene rings is 3. The molecule has 0 aliphatic carbocycles. The highest BCUT2D eigenvalue weighted by Crippen LogP contribution is 2.31. The number of nitrogens with one attached hydrogen (secondary N) is 2. The molecule has 0 saturated heterocycles. The minimum Gasteiger partial charge on any atom is -0.497 e. The number of carbonyl (C=O) groups excluding carboxylic acids is 4. The number of rotatable bonds is 7. The molecule has 1 aliphatic rings. The van der Waals surface area contributed by atoms with Gasteiger partial charge in [-0.2, -0.15) is 0 Å². The van der Waals surface area contributed by atoms with Crippen LogP contribution in [0, 0.1) is 0 Å². The first-order valence-electron chi connectivity index (χ1n) is 10.6. The molecule has 0 unspecified atom stereocenters. The van der Waals surface area contributed by atoms with Crippen LogP contribution >= 0.6 is 11.6 Å². The molecule has 1 heterocycles. The number of amides is 3. The molecule has 3 aromatic carbocycles. The lowest BCUT2D eigenvalue weighted by atomic mass is 10.1. The topological polar surface area (TPSA) is 114 Å². The second kappa shape index (κ2) is 10.3. The van der Waals surface area contributed by atoms with Crippen LogP contribution in [0.5, 0.6) is 5.75 Å². The van der Waals surface area contributed by atoms with E-state index in [4.69, 9.17) is 16.3 Å². The molecular formula is C26H20ClN3O6. The summed E-state index contributed by atoms with van der Waals surface area (Å²) in [6, 6.07) is 19.1. The largest absolute Gasteiger partial charge is 0.497 e. The molecular weight excluding hydrogens is 486 g/mol. The first-order chi connectivity index (χ1) is 17.3. The molecule has 2 N–H and O–H groups in total. The van der Waals surface area contributed by atoms with E-state index in [0.717, 1.165) is 4.90 Å². The van der Waals surface area contributed by atoms with Crippen molar-refractivity contribution in [2.45, 2.75) is 0 Å². The number of methoxy groups -OCH3 is 2. The monoisotopic (exact) mass is 505 g/mol. The Hall–Kier alpha value is -4.63. The summed E-state index contributed by atoms with van der Waals surface area (Å²) < 4.78 is 9.84.